The first kappa shape index (κ1) is 11.5. The molecule has 0 spiro atoms. The second-order valence-electron chi connectivity index (χ2n) is 3.75. The molecule has 15 heavy (non-hydrogen) atoms. The van der Waals surface area contributed by atoms with Crippen molar-refractivity contribution in [2.45, 2.75) is 6.17 Å². The first-order valence-electron chi connectivity index (χ1n) is 4.55. The fourth-order valence-corrected chi connectivity index (χ4v) is 1.38. The van der Waals surface area contributed by atoms with Crippen LogP contribution < -0.4 is 5.73 Å². The van der Waals surface area contributed by atoms with Crippen molar-refractivity contribution in [2.24, 2.45) is 5.73 Å². The number of carbonyl (C=O) groups excluding carboxylic acids is 2. The van der Waals surface area contributed by atoms with Crippen molar-refractivity contribution in [3.8, 4) is 0 Å². The molecule has 1 atom stereocenters. The summed E-state index contributed by atoms with van der Waals surface area (Å²) in [5.74, 6) is -0.348. The standard InChI is InChI=1S/C9H16N4O2/c1-11(2)5-6-7(10)12(3)9(15)13(4)8(6)14/h5,7H,10H2,1-4H3. The van der Waals surface area contributed by atoms with Crippen LogP contribution >= 0.6 is 0 Å². The van der Waals surface area contributed by atoms with Gasteiger partial charge in [0.15, 0.2) is 0 Å². The van der Waals surface area contributed by atoms with E-state index in [2.05, 4.69) is 0 Å². The normalized spacial score (nSPS) is 25.1. The highest BCUT2D eigenvalue weighted by molar-refractivity contribution is 6.07. The highest BCUT2D eigenvalue weighted by Crippen LogP contribution is 2.16. The number of likely N-dealkylation sites (N-methyl/N-ethyl adjacent to an activating group) is 2. The quantitative estimate of drug-likeness (QED) is 0.580. The van der Waals surface area contributed by atoms with Gasteiger partial charge in [0, 0.05) is 34.4 Å². The maximum Gasteiger partial charge on any atom is 0.327 e. The molecule has 0 aromatic carbocycles. The van der Waals surface area contributed by atoms with Crippen LogP contribution in [-0.4, -0.2) is 61.0 Å². The van der Waals surface area contributed by atoms with Crippen LogP contribution in [0.3, 0.4) is 0 Å². The van der Waals surface area contributed by atoms with Gasteiger partial charge in [-0.1, -0.05) is 0 Å². The van der Waals surface area contributed by atoms with Crippen molar-refractivity contribution >= 4 is 11.9 Å². The van der Waals surface area contributed by atoms with Crippen LogP contribution in [0.15, 0.2) is 11.8 Å². The molecule has 84 valence electrons. The molecule has 0 saturated carbocycles. The summed E-state index contributed by atoms with van der Waals surface area (Å²) in [5, 5.41) is 0. The molecular formula is C9H16N4O2. The Balaban J connectivity index is 3.08. The van der Waals surface area contributed by atoms with Gasteiger partial charge in [0.25, 0.3) is 5.91 Å². The zero-order valence-electron chi connectivity index (χ0n) is 9.39. The molecule has 0 aliphatic carbocycles. The summed E-state index contributed by atoms with van der Waals surface area (Å²) in [7, 11) is 6.60. The number of imide groups is 1. The number of amides is 3. The SMILES string of the molecule is CN(C)C=C1C(=O)N(C)C(=O)N(C)C1N. The van der Waals surface area contributed by atoms with Gasteiger partial charge >= 0.3 is 6.03 Å². The maximum absolute atomic E-state index is 11.7. The number of nitrogens with two attached hydrogens (primary N) is 1. The number of hydrogen-bond donors (Lipinski definition) is 1. The third-order valence-electron chi connectivity index (χ3n) is 2.27. The van der Waals surface area contributed by atoms with E-state index < -0.39 is 6.17 Å². The van der Waals surface area contributed by atoms with Crippen LogP contribution in [0.4, 0.5) is 4.79 Å². The molecule has 0 aromatic rings. The van der Waals surface area contributed by atoms with Crippen LogP contribution in [0.25, 0.3) is 0 Å². The number of nitrogens with zero attached hydrogens (tertiary/aromatic N) is 3. The number of carbonyl (C=O) groups is 2. The highest BCUT2D eigenvalue weighted by Gasteiger charge is 2.36. The summed E-state index contributed by atoms with van der Waals surface area (Å²) < 4.78 is 0. The maximum atomic E-state index is 11.7. The second-order valence-corrected chi connectivity index (χ2v) is 3.75. The van der Waals surface area contributed by atoms with E-state index in [1.165, 1.54) is 11.9 Å². The van der Waals surface area contributed by atoms with Gasteiger partial charge in [-0.05, 0) is 0 Å². The zero-order valence-corrected chi connectivity index (χ0v) is 9.39. The largest absolute Gasteiger partial charge is 0.383 e. The summed E-state index contributed by atoms with van der Waals surface area (Å²) in [6, 6.07) is -0.386. The lowest BCUT2D eigenvalue weighted by Crippen LogP contribution is -2.58. The van der Waals surface area contributed by atoms with E-state index in [1.54, 1.807) is 32.2 Å². The molecule has 1 aliphatic heterocycles. The molecule has 1 unspecified atom stereocenters. The average Bonchev–Trinajstić information content (AvgIpc) is 2.18. The molecule has 0 bridgehead atoms. The predicted octanol–water partition coefficient (Wildman–Crippen LogP) is -0.759. The van der Waals surface area contributed by atoms with E-state index in [0.717, 1.165) is 4.90 Å². The van der Waals surface area contributed by atoms with Gasteiger partial charge in [0.1, 0.15) is 6.17 Å². The lowest BCUT2D eigenvalue weighted by Gasteiger charge is -2.36. The first-order chi connectivity index (χ1) is 6.86. The van der Waals surface area contributed by atoms with Gasteiger partial charge in [-0.25, -0.2) is 4.79 Å². The minimum absolute atomic E-state index is 0.348. The minimum Gasteiger partial charge on any atom is -0.383 e. The Morgan fingerprint density at radius 3 is 2.33 bits per heavy atom. The highest BCUT2D eigenvalue weighted by atomic mass is 16.2. The Kier molecular flexibility index (Phi) is 2.99. The number of hydrogen-bond acceptors (Lipinski definition) is 4. The Morgan fingerprint density at radius 2 is 1.87 bits per heavy atom. The fourth-order valence-electron chi connectivity index (χ4n) is 1.38. The van der Waals surface area contributed by atoms with E-state index in [1.807, 2.05) is 0 Å². The average molecular weight is 212 g/mol. The summed E-state index contributed by atoms with van der Waals surface area (Å²) in [6.07, 6.45) is 0.954. The summed E-state index contributed by atoms with van der Waals surface area (Å²) in [6.45, 7) is 0. The molecule has 2 N–H and O–H groups in total. The number of urea groups is 1. The molecule has 1 rings (SSSR count). The van der Waals surface area contributed by atoms with Gasteiger partial charge in [-0.2, -0.15) is 0 Å². The van der Waals surface area contributed by atoms with Gasteiger partial charge in [-0.3, -0.25) is 9.69 Å². The molecule has 3 amide bonds. The third-order valence-corrected chi connectivity index (χ3v) is 2.27. The van der Waals surface area contributed by atoms with E-state index in [4.69, 9.17) is 5.73 Å². The summed E-state index contributed by atoms with van der Waals surface area (Å²) in [5.41, 5.74) is 6.18. The minimum atomic E-state index is -0.677. The molecule has 1 aliphatic rings. The van der Waals surface area contributed by atoms with Crippen LogP contribution in [0.5, 0.6) is 0 Å². The van der Waals surface area contributed by atoms with Crippen LogP contribution in [0.1, 0.15) is 0 Å². The second kappa shape index (κ2) is 3.90. The van der Waals surface area contributed by atoms with Crippen molar-refractivity contribution in [1.82, 2.24) is 14.7 Å². The number of rotatable bonds is 1. The zero-order chi connectivity index (χ0) is 11.7. The third kappa shape index (κ3) is 1.94. The van der Waals surface area contributed by atoms with E-state index >= 15 is 0 Å². The fraction of sp³-hybridized carbons (Fsp3) is 0.556. The molecule has 6 heteroatoms. The van der Waals surface area contributed by atoms with Gasteiger partial charge < -0.3 is 15.5 Å². The van der Waals surface area contributed by atoms with E-state index in [9.17, 15) is 9.59 Å². The van der Waals surface area contributed by atoms with Crippen molar-refractivity contribution in [2.75, 3.05) is 28.2 Å². The Labute approximate surface area is 88.9 Å². The van der Waals surface area contributed by atoms with E-state index in [-0.39, 0.29) is 11.9 Å². The van der Waals surface area contributed by atoms with Crippen molar-refractivity contribution in [3.05, 3.63) is 11.8 Å². The van der Waals surface area contributed by atoms with Gasteiger partial charge in [0.2, 0.25) is 0 Å². The Bertz CT molecular complexity index is 324. The summed E-state index contributed by atoms with van der Waals surface area (Å²) in [4.78, 5) is 27.3. The smallest absolute Gasteiger partial charge is 0.327 e. The van der Waals surface area contributed by atoms with Crippen molar-refractivity contribution < 1.29 is 9.59 Å². The van der Waals surface area contributed by atoms with E-state index in [0.29, 0.717) is 5.57 Å². The predicted molar refractivity (Wildman–Crippen MR) is 55.7 cm³/mol. The molecule has 1 heterocycles. The van der Waals surface area contributed by atoms with Gasteiger partial charge in [-0.15, -0.1) is 0 Å². The molecule has 1 saturated heterocycles. The van der Waals surface area contributed by atoms with Crippen LogP contribution in [0.2, 0.25) is 0 Å². The molecule has 1 fully saturated rings. The lowest BCUT2D eigenvalue weighted by atomic mass is 10.1. The molecule has 0 radical (unpaired) electrons. The Hall–Kier alpha value is -1.56. The lowest BCUT2D eigenvalue weighted by molar-refractivity contribution is -0.126. The van der Waals surface area contributed by atoms with Crippen molar-refractivity contribution in [1.29, 1.82) is 0 Å². The van der Waals surface area contributed by atoms with Crippen LogP contribution in [0, 0.1) is 0 Å². The van der Waals surface area contributed by atoms with Crippen LogP contribution in [-0.2, 0) is 4.79 Å². The topological polar surface area (TPSA) is 69.9 Å². The molecular weight excluding hydrogens is 196 g/mol. The monoisotopic (exact) mass is 212 g/mol. The first-order valence-corrected chi connectivity index (χ1v) is 4.55. The van der Waals surface area contributed by atoms with Gasteiger partial charge in [0.05, 0.1) is 5.57 Å². The molecule has 0 aromatic heterocycles. The van der Waals surface area contributed by atoms with Crippen molar-refractivity contribution in [3.63, 3.8) is 0 Å². The molecule has 6 nitrogen and oxygen atoms in total. The Morgan fingerprint density at radius 1 is 1.33 bits per heavy atom. The summed E-state index contributed by atoms with van der Waals surface area (Å²) >= 11 is 0.